The van der Waals surface area contributed by atoms with Crippen molar-refractivity contribution in [2.75, 3.05) is 6.54 Å². The molecule has 0 radical (unpaired) electrons. The zero-order valence-electron chi connectivity index (χ0n) is 10.8. The van der Waals surface area contributed by atoms with Gasteiger partial charge >= 0.3 is 0 Å². The van der Waals surface area contributed by atoms with Crippen LogP contribution in [-0.2, 0) is 5.41 Å². The fourth-order valence-corrected chi connectivity index (χ4v) is 3.12. The van der Waals surface area contributed by atoms with Gasteiger partial charge in [-0.15, -0.1) is 11.3 Å². The molecular weight excluding hydrogens is 308 g/mol. The molecule has 0 aliphatic carbocycles. The molecule has 2 rings (SSSR count). The molecule has 0 aliphatic rings. The monoisotopic (exact) mass is 324 g/mol. The van der Waals surface area contributed by atoms with E-state index in [-0.39, 0.29) is 5.41 Å². The molecule has 2 N–H and O–H groups in total. The third-order valence-corrected chi connectivity index (χ3v) is 4.81. The summed E-state index contributed by atoms with van der Waals surface area (Å²) in [4.78, 5) is 6.02. The van der Waals surface area contributed by atoms with Gasteiger partial charge in [-0.3, -0.25) is 0 Å². The van der Waals surface area contributed by atoms with Crippen LogP contribution in [0.3, 0.4) is 0 Å². The van der Waals surface area contributed by atoms with Gasteiger partial charge in [-0.25, -0.2) is 4.98 Å². The van der Waals surface area contributed by atoms with Crippen LogP contribution in [0.4, 0.5) is 0 Å². The van der Waals surface area contributed by atoms with Crippen molar-refractivity contribution in [2.45, 2.75) is 26.2 Å². The summed E-state index contributed by atoms with van der Waals surface area (Å²) in [5, 5.41) is 1.11. The van der Waals surface area contributed by atoms with Crippen LogP contribution in [0, 0.1) is 6.92 Å². The summed E-state index contributed by atoms with van der Waals surface area (Å²) in [6, 6.07) is 8.25. The Morgan fingerprint density at radius 1 is 1.39 bits per heavy atom. The van der Waals surface area contributed by atoms with Crippen LogP contribution in [0.15, 0.2) is 28.7 Å². The number of nitrogens with zero attached hydrogens (tertiary/aromatic N) is 1. The second-order valence-electron chi connectivity index (χ2n) is 5.02. The van der Waals surface area contributed by atoms with Crippen LogP contribution in [0.5, 0.6) is 0 Å². The van der Waals surface area contributed by atoms with Crippen molar-refractivity contribution in [3.05, 3.63) is 38.6 Å². The number of thiazole rings is 1. The molecular formula is C14H17BrN2S. The third-order valence-electron chi connectivity index (χ3n) is 2.98. The Bertz CT molecular complexity index is 561. The van der Waals surface area contributed by atoms with Crippen molar-refractivity contribution >= 4 is 27.3 Å². The van der Waals surface area contributed by atoms with E-state index < -0.39 is 0 Å². The smallest absolute Gasteiger partial charge is 0.100 e. The van der Waals surface area contributed by atoms with Crippen LogP contribution >= 0.6 is 27.3 Å². The van der Waals surface area contributed by atoms with Crippen molar-refractivity contribution < 1.29 is 0 Å². The standard InChI is InChI=1S/C14H17BrN2S/c1-9-12(10-5-4-6-11(15)7-10)17-13(18-9)14(2,3)8-16/h4-7H,8,16H2,1-3H3. The lowest BCUT2D eigenvalue weighted by atomic mass is 9.95. The largest absolute Gasteiger partial charge is 0.330 e. The van der Waals surface area contributed by atoms with E-state index in [0.717, 1.165) is 20.7 Å². The minimum absolute atomic E-state index is 0.0559. The Morgan fingerprint density at radius 2 is 2.11 bits per heavy atom. The molecule has 2 nitrogen and oxygen atoms in total. The molecule has 0 amide bonds. The molecule has 1 heterocycles. The lowest BCUT2D eigenvalue weighted by Crippen LogP contribution is -2.27. The summed E-state index contributed by atoms with van der Waals surface area (Å²) in [6.07, 6.45) is 0. The van der Waals surface area contributed by atoms with E-state index in [1.54, 1.807) is 11.3 Å². The zero-order valence-corrected chi connectivity index (χ0v) is 13.2. The Hall–Kier alpha value is -0.710. The Balaban J connectivity index is 2.48. The molecule has 0 atom stereocenters. The average Bonchev–Trinajstić information content (AvgIpc) is 2.72. The number of nitrogens with two attached hydrogens (primary N) is 1. The molecule has 4 heteroatoms. The first-order valence-corrected chi connectivity index (χ1v) is 7.49. The van der Waals surface area contributed by atoms with Crippen LogP contribution in [0.25, 0.3) is 11.3 Å². The first kappa shape index (κ1) is 13.7. The summed E-state index contributed by atoms with van der Waals surface area (Å²) in [5.41, 5.74) is 7.98. The predicted octanol–water partition coefficient (Wildman–Crippen LogP) is 4.12. The summed E-state index contributed by atoms with van der Waals surface area (Å²) in [7, 11) is 0. The van der Waals surface area contributed by atoms with E-state index in [1.165, 1.54) is 4.88 Å². The number of halogens is 1. The average molecular weight is 325 g/mol. The summed E-state index contributed by atoms with van der Waals surface area (Å²) < 4.78 is 1.08. The molecule has 1 aromatic carbocycles. The van der Waals surface area contributed by atoms with Gasteiger partial charge in [0.05, 0.1) is 5.69 Å². The highest BCUT2D eigenvalue weighted by Gasteiger charge is 2.24. The number of benzene rings is 1. The minimum Gasteiger partial charge on any atom is -0.330 e. The normalized spacial score (nSPS) is 11.8. The van der Waals surface area contributed by atoms with Crippen molar-refractivity contribution in [1.29, 1.82) is 0 Å². The molecule has 0 spiro atoms. The molecule has 1 aromatic heterocycles. The molecule has 0 bridgehead atoms. The topological polar surface area (TPSA) is 38.9 Å². The first-order chi connectivity index (χ1) is 8.44. The van der Waals surface area contributed by atoms with Crippen molar-refractivity contribution in [1.82, 2.24) is 4.98 Å². The third kappa shape index (κ3) is 2.66. The summed E-state index contributed by atoms with van der Waals surface area (Å²) in [6.45, 7) is 6.99. The number of hydrogen-bond acceptors (Lipinski definition) is 3. The van der Waals surface area contributed by atoms with E-state index in [9.17, 15) is 0 Å². The molecule has 96 valence electrons. The van der Waals surface area contributed by atoms with E-state index in [0.29, 0.717) is 6.54 Å². The second-order valence-corrected chi connectivity index (χ2v) is 7.14. The van der Waals surface area contributed by atoms with Gasteiger partial charge in [0.15, 0.2) is 0 Å². The Morgan fingerprint density at radius 3 is 2.72 bits per heavy atom. The second kappa shape index (κ2) is 5.11. The van der Waals surface area contributed by atoms with Gasteiger partial charge in [0.25, 0.3) is 0 Å². The van der Waals surface area contributed by atoms with E-state index in [4.69, 9.17) is 10.7 Å². The van der Waals surface area contributed by atoms with Gasteiger partial charge in [-0.05, 0) is 19.1 Å². The highest BCUT2D eigenvalue weighted by molar-refractivity contribution is 9.10. The van der Waals surface area contributed by atoms with E-state index in [2.05, 4.69) is 48.8 Å². The lowest BCUT2D eigenvalue weighted by Gasteiger charge is -2.18. The van der Waals surface area contributed by atoms with Crippen LogP contribution in [0.1, 0.15) is 23.7 Å². The van der Waals surface area contributed by atoms with Gasteiger partial charge in [0.2, 0.25) is 0 Å². The molecule has 0 fully saturated rings. The van der Waals surface area contributed by atoms with Gasteiger partial charge in [0.1, 0.15) is 5.01 Å². The molecule has 18 heavy (non-hydrogen) atoms. The molecule has 0 saturated heterocycles. The fourth-order valence-electron chi connectivity index (χ4n) is 1.68. The number of hydrogen-bond donors (Lipinski definition) is 1. The SMILES string of the molecule is Cc1sc(C(C)(C)CN)nc1-c1cccc(Br)c1. The predicted molar refractivity (Wildman–Crippen MR) is 82.1 cm³/mol. The maximum atomic E-state index is 5.82. The summed E-state index contributed by atoms with van der Waals surface area (Å²) in [5.74, 6) is 0. The molecule has 2 aromatic rings. The number of rotatable bonds is 3. The van der Waals surface area contributed by atoms with Crippen molar-refractivity contribution in [3.63, 3.8) is 0 Å². The Kier molecular flexibility index (Phi) is 3.90. The number of aryl methyl sites for hydroxylation is 1. The maximum absolute atomic E-state index is 5.82. The van der Waals surface area contributed by atoms with Crippen molar-refractivity contribution in [3.8, 4) is 11.3 Å². The molecule has 0 unspecified atom stereocenters. The van der Waals surface area contributed by atoms with Crippen LogP contribution in [-0.4, -0.2) is 11.5 Å². The van der Waals surface area contributed by atoms with Gasteiger partial charge in [-0.1, -0.05) is 41.9 Å². The molecule has 0 aliphatic heterocycles. The molecule has 0 saturated carbocycles. The van der Waals surface area contributed by atoms with Gasteiger partial charge < -0.3 is 5.73 Å². The van der Waals surface area contributed by atoms with E-state index in [1.807, 2.05) is 12.1 Å². The number of aromatic nitrogens is 1. The highest BCUT2D eigenvalue weighted by atomic mass is 79.9. The van der Waals surface area contributed by atoms with Crippen LogP contribution in [0.2, 0.25) is 0 Å². The first-order valence-electron chi connectivity index (χ1n) is 5.88. The van der Waals surface area contributed by atoms with Gasteiger partial charge in [0, 0.05) is 26.9 Å². The lowest BCUT2D eigenvalue weighted by molar-refractivity contribution is 0.536. The summed E-state index contributed by atoms with van der Waals surface area (Å²) >= 11 is 5.24. The fraction of sp³-hybridized carbons (Fsp3) is 0.357. The van der Waals surface area contributed by atoms with Crippen LogP contribution < -0.4 is 5.73 Å². The van der Waals surface area contributed by atoms with Gasteiger partial charge in [-0.2, -0.15) is 0 Å². The minimum atomic E-state index is -0.0559. The quantitative estimate of drug-likeness (QED) is 0.922. The maximum Gasteiger partial charge on any atom is 0.100 e. The Labute approximate surface area is 120 Å². The zero-order chi connectivity index (χ0) is 13.3. The van der Waals surface area contributed by atoms with E-state index >= 15 is 0 Å². The highest BCUT2D eigenvalue weighted by Crippen LogP contribution is 2.34. The van der Waals surface area contributed by atoms with Crippen molar-refractivity contribution in [2.24, 2.45) is 5.73 Å².